The molecule has 128 valence electrons. The lowest BCUT2D eigenvalue weighted by Crippen LogP contribution is -2.25. The Morgan fingerprint density at radius 2 is 1.92 bits per heavy atom. The molecule has 0 aliphatic heterocycles. The Morgan fingerprint density at radius 1 is 1.20 bits per heavy atom. The second-order valence-corrected chi connectivity index (χ2v) is 6.60. The molecule has 0 spiro atoms. The summed E-state index contributed by atoms with van der Waals surface area (Å²) in [4.78, 5) is 12.6. The summed E-state index contributed by atoms with van der Waals surface area (Å²) in [6, 6.07) is 14.9. The number of ether oxygens (including phenoxy) is 1. The van der Waals surface area contributed by atoms with Crippen LogP contribution in [0.15, 0.2) is 59.2 Å². The van der Waals surface area contributed by atoms with Crippen LogP contribution in [0.5, 0.6) is 5.75 Å². The standard InChI is InChI=1S/C19H18BrN3O2/c1-22-17(13-6-8-15(20)9-7-13)11-23(19(22)21)12-18(24)14-4-3-5-16(10-14)25-2/h3-11,21H,12H2,1-2H3. The number of methoxy groups -OCH3 is 1. The number of ketones is 1. The van der Waals surface area contributed by atoms with E-state index in [2.05, 4.69) is 15.9 Å². The summed E-state index contributed by atoms with van der Waals surface area (Å²) >= 11 is 3.42. The minimum atomic E-state index is -0.0645. The van der Waals surface area contributed by atoms with Crippen LogP contribution in [-0.2, 0) is 13.6 Å². The Labute approximate surface area is 154 Å². The molecule has 0 fully saturated rings. The average Bonchev–Trinajstić information content (AvgIpc) is 2.91. The third kappa shape index (κ3) is 3.58. The van der Waals surface area contributed by atoms with Crippen molar-refractivity contribution in [3.05, 3.63) is 70.4 Å². The van der Waals surface area contributed by atoms with Crippen LogP contribution >= 0.6 is 15.9 Å². The second-order valence-electron chi connectivity index (χ2n) is 5.69. The summed E-state index contributed by atoms with van der Waals surface area (Å²) in [6.07, 6.45) is 1.84. The lowest BCUT2D eigenvalue weighted by atomic mass is 10.1. The molecular formula is C19H18BrN3O2. The Kier molecular flexibility index (Phi) is 4.90. The lowest BCUT2D eigenvalue weighted by molar-refractivity contribution is 0.0970. The molecule has 1 aromatic heterocycles. The summed E-state index contributed by atoms with van der Waals surface area (Å²) in [5.74, 6) is 0.580. The van der Waals surface area contributed by atoms with Crippen molar-refractivity contribution in [1.82, 2.24) is 9.13 Å². The number of benzene rings is 2. The van der Waals surface area contributed by atoms with Crippen molar-refractivity contribution in [2.75, 3.05) is 7.11 Å². The van der Waals surface area contributed by atoms with Gasteiger partial charge in [0.15, 0.2) is 5.78 Å². The molecule has 0 radical (unpaired) electrons. The number of imidazole rings is 1. The van der Waals surface area contributed by atoms with Gasteiger partial charge < -0.3 is 13.9 Å². The lowest BCUT2D eigenvalue weighted by Gasteiger charge is -2.04. The molecule has 0 bridgehead atoms. The Morgan fingerprint density at radius 3 is 2.60 bits per heavy atom. The summed E-state index contributed by atoms with van der Waals surface area (Å²) < 4.78 is 9.58. The normalized spacial score (nSPS) is 10.7. The van der Waals surface area contributed by atoms with Gasteiger partial charge in [-0.1, -0.05) is 40.2 Å². The van der Waals surface area contributed by atoms with Crippen LogP contribution in [0.1, 0.15) is 10.4 Å². The van der Waals surface area contributed by atoms with Crippen LogP contribution in [0.2, 0.25) is 0 Å². The monoisotopic (exact) mass is 399 g/mol. The molecule has 6 heteroatoms. The van der Waals surface area contributed by atoms with Crippen molar-refractivity contribution < 1.29 is 9.53 Å². The van der Waals surface area contributed by atoms with Crippen molar-refractivity contribution in [2.24, 2.45) is 7.05 Å². The predicted molar refractivity (Wildman–Crippen MR) is 99.7 cm³/mol. The number of nitrogens with one attached hydrogen (secondary N) is 1. The zero-order valence-corrected chi connectivity index (χ0v) is 15.6. The highest BCUT2D eigenvalue weighted by molar-refractivity contribution is 9.10. The van der Waals surface area contributed by atoms with Crippen LogP contribution in [0.25, 0.3) is 11.3 Å². The molecule has 0 aliphatic carbocycles. The highest BCUT2D eigenvalue weighted by Crippen LogP contribution is 2.21. The summed E-state index contributed by atoms with van der Waals surface area (Å²) in [5.41, 5.74) is 2.72. The maximum atomic E-state index is 12.6. The van der Waals surface area contributed by atoms with Crippen molar-refractivity contribution in [2.45, 2.75) is 6.54 Å². The van der Waals surface area contributed by atoms with Crippen molar-refractivity contribution in [1.29, 1.82) is 5.41 Å². The first-order valence-corrected chi connectivity index (χ1v) is 8.53. The first-order chi connectivity index (χ1) is 12.0. The van der Waals surface area contributed by atoms with E-state index in [1.165, 1.54) is 0 Å². The van der Waals surface area contributed by atoms with Crippen LogP contribution in [0, 0.1) is 5.41 Å². The first-order valence-electron chi connectivity index (χ1n) is 7.73. The Bertz CT molecular complexity index is 971. The fourth-order valence-corrected chi connectivity index (χ4v) is 2.92. The molecule has 0 saturated heterocycles. The van der Waals surface area contributed by atoms with Crippen molar-refractivity contribution >= 4 is 21.7 Å². The molecule has 0 aliphatic rings. The molecule has 0 unspecified atom stereocenters. The average molecular weight is 400 g/mol. The van der Waals surface area contributed by atoms with Crippen LogP contribution in [-0.4, -0.2) is 22.0 Å². The van der Waals surface area contributed by atoms with E-state index < -0.39 is 0 Å². The van der Waals surface area contributed by atoms with Gasteiger partial charge in [-0.05, 0) is 29.8 Å². The highest BCUT2D eigenvalue weighted by atomic mass is 79.9. The molecule has 3 rings (SSSR count). The number of halogens is 1. The first kappa shape index (κ1) is 17.2. The minimum Gasteiger partial charge on any atom is -0.497 e. The fraction of sp³-hybridized carbons (Fsp3) is 0.158. The van der Waals surface area contributed by atoms with Gasteiger partial charge in [0, 0.05) is 23.3 Å². The molecule has 5 nitrogen and oxygen atoms in total. The Hall–Kier alpha value is -2.60. The van der Waals surface area contributed by atoms with E-state index in [-0.39, 0.29) is 17.9 Å². The third-order valence-electron chi connectivity index (χ3n) is 4.07. The number of hydrogen-bond donors (Lipinski definition) is 1. The van der Waals surface area contributed by atoms with E-state index in [1.54, 1.807) is 40.5 Å². The van der Waals surface area contributed by atoms with Gasteiger partial charge in [-0.15, -0.1) is 0 Å². The topological polar surface area (TPSA) is 60.0 Å². The molecule has 0 atom stereocenters. The smallest absolute Gasteiger partial charge is 0.202 e. The molecule has 2 aromatic carbocycles. The number of rotatable bonds is 5. The molecular weight excluding hydrogens is 382 g/mol. The molecule has 3 aromatic rings. The largest absolute Gasteiger partial charge is 0.497 e. The SMILES string of the molecule is COc1cccc(C(=O)Cn2cc(-c3ccc(Br)cc3)n(C)c2=N)c1. The highest BCUT2D eigenvalue weighted by Gasteiger charge is 2.13. The number of carbonyl (C=O) groups is 1. The fourth-order valence-electron chi connectivity index (χ4n) is 2.65. The minimum absolute atomic E-state index is 0.0645. The van der Waals surface area contributed by atoms with Gasteiger partial charge in [0.05, 0.1) is 19.3 Å². The summed E-state index contributed by atoms with van der Waals surface area (Å²) in [6.45, 7) is 0.108. The predicted octanol–water partition coefficient (Wildman–Crippen LogP) is 3.63. The van der Waals surface area contributed by atoms with E-state index in [0.29, 0.717) is 11.3 Å². The number of carbonyl (C=O) groups excluding carboxylic acids is 1. The Balaban J connectivity index is 1.90. The zero-order valence-electron chi connectivity index (χ0n) is 14.0. The van der Waals surface area contributed by atoms with E-state index in [1.807, 2.05) is 37.5 Å². The quantitative estimate of drug-likeness (QED) is 0.665. The van der Waals surface area contributed by atoms with Gasteiger partial charge in [0.2, 0.25) is 5.62 Å². The third-order valence-corrected chi connectivity index (χ3v) is 4.60. The van der Waals surface area contributed by atoms with Gasteiger partial charge in [-0.25, -0.2) is 0 Å². The van der Waals surface area contributed by atoms with Crippen LogP contribution in [0.4, 0.5) is 0 Å². The summed E-state index contributed by atoms with van der Waals surface area (Å²) in [5, 5.41) is 8.28. The van der Waals surface area contributed by atoms with E-state index in [0.717, 1.165) is 15.7 Å². The number of nitrogens with zero attached hydrogens (tertiary/aromatic N) is 2. The maximum absolute atomic E-state index is 12.6. The van der Waals surface area contributed by atoms with Crippen molar-refractivity contribution in [3.63, 3.8) is 0 Å². The second kappa shape index (κ2) is 7.11. The van der Waals surface area contributed by atoms with E-state index in [9.17, 15) is 4.79 Å². The summed E-state index contributed by atoms with van der Waals surface area (Å²) in [7, 11) is 3.40. The molecule has 0 saturated carbocycles. The molecule has 25 heavy (non-hydrogen) atoms. The van der Waals surface area contributed by atoms with E-state index in [4.69, 9.17) is 10.1 Å². The number of hydrogen-bond acceptors (Lipinski definition) is 3. The van der Waals surface area contributed by atoms with Crippen molar-refractivity contribution in [3.8, 4) is 17.0 Å². The van der Waals surface area contributed by atoms with Gasteiger partial charge >= 0.3 is 0 Å². The van der Waals surface area contributed by atoms with Gasteiger partial charge in [0.1, 0.15) is 5.75 Å². The maximum Gasteiger partial charge on any atom is 0.202 e. The van der Waals surface area contributed by atoms with Gasteiger partial charge in [0.25, 0.3) is 0 Å². The molecule has 0 amide bonds. The number of Topliss-reactive ketones (excluding diaryl/α,β-unsaturated/α-hetero) is 1. The van der Waals surface area contributed by atoms with E-state index >= 15 is 0 Å². The van der Waals surface area contributed by atoms with Gasteiger partial charge in [-0.2, -0.15) is 0 Å². The van der Waals surface area contributed by atoms with Crippen LogP contribution in [0.3, 0.4) is 0 Å². The zero-order chi connectivity index (χ0) is 18.0. The van der Waals surface area contributed by atoms with Crippen LogP contribution < -0.4 is 10.4 Å². The van der Waals surface area contributed by atoms with Gasteiger partial charge in [-0.3, -0.25) is 10.2 Å². The molecule has 1 heterocycles. The number of aromatic nitrogens is 2. The molecule has 1 N–H and O–H groups in total.